The normalized spacial score (nSPS) is 22.0. The van der Waals surface area contributed by atoms with E-state index in [2.05, 4.69) is 51.3 Å². The highest BCUT2D eigenvalue weighted by Gasteiger charge is 2.50. The van der Waals surface area contributed by atoms with E-state index in [1.165, 1.54) is 17.2 Å². The van der Waals surface area contributed by atoms with Crippen molar-refractivity contribution in [3.8, 4) is 34.3 Å². The summed E-state index contributed by atoms with van der Waals surface area (Å²) in [6, 6.07) is 18.2. The van der Waals surface area contributed by atoms with Crippen LogP contribution in [-0.2, 0) is 6.18 Å². The zero-order valence-electron chi connectivity index (χ0n) is 22.9. The van der Waals surface area contributed by atoms with Gasteiger partial charge in [-0.2, -0.15) is 13.2 Å². The van der Waals surface area contributed by atoms with E-state index in [1.807, 2.05) is 18.2 Å². The molecule has 212 valence electrons. The number of benzene rings is 2. The van der Waals surface area contributed by atoms with Crippen molar-refractivity contribution < 1.29 is 22.6 Å². The first kappa shape index (κ1) is 27.1. The Morgan fingerprint density at radius 2 is 1.49 bits per heavy atom. The van der Waals surface area contributed by atoms with Gasteiger partial charge in [0.15, 0.2) is 5.60 Å². The molecule has 3 aliphatic heterocycles. The Morgan fingerprint density at radius 1 is 0.805 bits per heavy atom. The number of alkyl halides is 3. The second-order valence-corrected chi connectivity index (χ2v) is 10.9. The van der Waals surface area contributed by atoms with Gasteiger partial charge in [-0.05, 0) is 81.2 Å². The van der Waals surface area contributed by atoms with E-state index >= 15 is 0 Å². The monoisotopic (exact) mass is 561 g/mol. The van der Waals surface area contributed by atoms with Crippen LogP contribution in [0.25, 0.3) is 22.5 Å². The van der Waals surface area contributed by atoms with Gasteiger partial charge in [-0.25, -0.2) is 0 Å². The molecule has 2 aromatic heterocycles. The summed E-state index contributed by atoms with van der Waals surface area (Å²) < 4.78 is 52.2. The summed E-state index contributed by atoms with van der Waals surface area (Å²) in [5.74, 6) is 0.956. The summed E-state index contributed by atoms with van der Waals surface area (Å²) in [7, 11) is 0. The zero-order valence-corrected chi connectivity index (χ0v) is 22.9. The van der Waals surface area contributed by atoms with Crippen LogP contribution in [0.4, 0.5) is 13.2 Å². The van der Waals surface area contributed by atoms with Crippen LogP contribution in [0.2, 0.25) is 0 Å². The second kappa shape index (κ2) is 10.7. The number of ether oxygens (including phenoxy) is 2. The van der Waals surface area contributed by atoms with Gasteiger partial charge in [0.1, 0.15) is 6.61 Å². The Balaban J connectivity index is 1.19. The van der Waals surface area contributed by atoms with Gasteiger partial charge in [0.05, 0.1) is 17.0 Å². The molecule has 1 atom stereocenters. The van der Waals surface area contributed by atoms with Gasteiger partial charge in [0, 0.05) is 35.7 Å². The van der Waals surface area contributed by atoms with Crippen molar-refractivity contribution in [1.82, 2.24) is 25.3 Å². The number of halogens is 3. The number of aromatic nitrogens is 4. The number of aryl methyl sites for hydroxylation is 2. The lowest BCUT2D eigenvalue weighted by molar-refractivity contribution is -0.137. The predicted molar refractivity (Wildman–Crippen MR) is 147 cm³/mol. The number of fused-ring (bicyclic) bond motifs is 3. The number of rotatable bonds is 7. The van der Waals surface area contributed by atoms with E-state index in [-0.39, 0.29) is 12.5 Å². The van der Waals surface area contributed by atoms with Gasteiger partial charge in [-0.3, -0.25) is 4.90 Å². The fourth-order valence-corrected chi connectivity index (χ4v) is 5.67. The fourth-order valence-electron chi connectivity index (χ4n) is 5.67. The molecule has 3 saturated heterocycles. The topological polar surface area (TPSA) is 73.3 Å². The van der Waals surface area contributed by atoms with E-state index in [0.717, 1.165) is 49.3 Å². The van der Waals surface area contributed by atoms with Gasteiger partial charge in [0.2, 0.25) is 11.8 Å². The molecule has 3 fully saturated rings. The molecule has 0 radical (unpaired) electrons. The molecular formula is C31H30F3N5O2. The molecule has 4 aromatic rings. The van der Waals surface area contributed by atoms with Crippen LogP contribution < -0.4 is 9.47 Å². The van der Waals surface area contributed by atoms with Crippen LogP contribution in [0.3, 0.4) is 0 Å². The third-order valence-electron chi connectivity index (χ3n) is 8.16. The van der Waals surface area contributed by atoms with Crippen molar-refractivity contribution in [3.05, 3.63) is 83.4 Å². The Labute approximate surface area is 236 Å². The lowest BCUT2D eigenvalue weighted by Gasteiger charge is -2.51. The SMILES string of the molecule is Cc1ccc(-c2ccc(OCC3(Oc4ccc(-c5cccc(C(F)(F)F)c5)nn4)CN4CCC3CC4)nn2)cc1C. The summed E-state index contributed by atoms with van der Waals surface area (Å²) in [5.41, 5.74) is 3.45. The minimum atomic E-state index is -4.43. The van der Waals surface area contributed by atoms with Crippen molar-refractivity contribution in [1.29, 1.82) is 0 Å². The van der Waals surface area contributed by atoms with Crippen LogP contribution in [0.1, 0.15) is 29.5 Å². The lowest BCUT2D eigenvalue weighted by atomic mass is 9.75. The summed E-state index contributed by atoms with van der Waals surface area (Å²) in [4.78, 5) is 2.35. The van der Waals surface area contributed by atoms with Crippen molar-refractivity contribution in [2.45, 2.75) is 38.5 Å². The summed E-state index contributed by atoms with van der Waals surface area (Å²) in [5, 5.41) is 17.1. The molecule has 0 spiro atoms. The average Bonchev–Trinajstić information content (AvgIpc) is 2.98. The molecule has 2 bridgehead atoms. The third kappa shape index (κ3) is 5.74. The molecule has 10 heteroatoms. The van der Waals surface area contributed by atoms with Crippen molar-refractivity contribution in [3.63, 3.8) is 0 Å². The number of hydrogen-bond donors (Lipinski definition) is 0. The van der Waals surface area contributed by atoms with Crippen LogP contribution >= 0.6 is 0 Å². The molecule has 41 heavy (non-hydrogen) atoms. The molecule has 7 rings (SSSR count). The minimum Gasteiger partial charge on any atom is -0.472 e. The quantitative estimate of drug-likeness (QED) is 0.268. The van der Waals surface area contributed by atoms with Gasteiger partial charge in [0.25, 0.3) is 0 Å². The highest BCUT2D eigenvalue weighted by molar-refractivity contribution is 5.61. The lowest BCUT2D eigenvalue weighted by Crippen LogP contribution is -2.64. The number of nitrogens with zero attached hydrogens (tertiary/aromatic N) is 5. The first-order chi connectivity index (χ1) is 19.7. The highest BCUT2D eigenvalue weighted by atomic mass is 19.4. The Bertz CT molecular complexity index is 1520. The Hall–Kier alpha value is -4.05. The van der Waals surface area contributed by atoms with Crippen LogP contribution in [0, 0.1) is 19.8 Å². The Kier molecular flexibility index (Phi) is 7.11. The van der Waals surface area contributed by atoms with Crippen LogP contribution in [-0.4, -0.2) is 57.1 Å². The first-order valence-electron chi connectivity index (χ1n) is 13.7. The molecule has 5 heterocycles. The van der Waals surface area contributed by atoms with E-state index in [1.54, 1.807) is 18.2 Å². The van der Waals surface area contributed by atoms with Crippen molar-refractivity contribution in [2.24, 2.45) is 5.92 Å². The van der Waals surface area contributed by atoms with E-state index in [4.69, 9.17) is 9.47 Å². The van der Waals surface area contributed by atoms with Gasteiger partial charge in [-0.15, -0.1) is 20.4 Å². The molecule has 2 aromatic carbocycles. The maximum atomic E-state index is 13.2. The maximum absolute atomic E-state index is 13.2. The predicted octanol–water partition coefficient (Wildman–Crippen LogP) is 6.16. The molecule has 1 unspecified atom stereocenters. The largest absolute Gasteiger partial charge is 0.472 e. The standard InChI is InChI=1S/C31H30F3N5O2/c1-20-6-7-23(16-21(20)2)27-8-10-28(37-35-27)40-19-30(18-39-14-12-24(30)13-15-39)41-29-11-9-26(36-38-29)22-4-3-5-25(17-22)31(32,33)34/h3-11,16-17,24H,12-15,18-19H2,1-2H3. The minimum absolute atomic E-state index is 0.250. The molecule has 0 aliphatic carbocycles. The van der Waals surface area contributed by atoms with Gasteiger partial charge in [-0.1, -0.05) is 24.3 Å². The first-order valence-corrected chi connectivity index (χ1v) is 13.7. The van der Waals surface area contributed by atoms with Crippen LogP contribution in [0.5, 0.6) is 11.8 Å². The van der Waals surface area contributed by atoms with E-state index in [9.17, 15) is 13.2 Å². The van der Waals surface area contributed by atoms with Gasteiger partial charge >= 0.3 is 6.18 Å². The second-order valence-electron chi connectivity index (χ2n) is 10.9. The zero-order chi connectivity index (χ0) is 28.6. The average molecular weight is 562 g/mol. The summed E-state index contributed by atoms with van der Waals surface area (Å²) in [6.45, 7) is 7.07. The molecule has 7 nitrogen and oxygen atoms in total. The summed E-state index contributed by atoms with van der Waals surface area (Å²) >= 11 is 0. The molecular weight excluding hydrogens is 531 g/mol. The molecule has 3 aliphatic rings. The van der Waals surface area contributed by atoms with Crippen LogP contribution in [0.15, 0.2) is 66.7 Å². The summed E-state index contributed by atoms with van der Waals surface area (Å²) in [6.07, 6.45) is -2.49. The highest BCUT2D eigenvalue weighted by Crippen LogP contribution is 2.39. The molecule has 0 N–H and O–H groups in total. The third-order valence-corrected chi connectivity index (χ3v) is 8.16. The fraction of sp³-hybridized carbons (Fsp3) is 0.355. The maximum Gasteiger partial charge on any atom is 0.416 e. The van der Waals surface area contributed by atoms with E-state index < -0.39 is 17.3 Å². The van der Waals surface area contributed by atoms with E-state index in [0.29, 0.717) is 29.6 Å². The van der Waals surface area contributed by atoms with Crippen molar-refractivity contribution >= 4 is 0 Å². The number of piperidine rings is 3. The van der Waals surface area contributed by atoms with Crippen molar-refractivity contribution in [2.75, 3.05) is 26.2 Å². The van der Waals surface area contributed by atoms with Gasteiger partial charge < -0.3 is 9.47 Å². The smallest absolute Gasteiger partial charge is 0.416 e. The molecule has 0 amide bonds. The Morgan fingerprint density at radius 3 is 2.07 bits per heavy atom. The molecule has 0 saturated carbocycles. The number of hydrogen-bond acceptors (Lipinski definition) is 7.